The van der Waals surface area contributed by atoms with E-state index in [-0.39, 0.29) is 5.92 Å². The number of aliphatic hydroxyl groups excluding tert-OH is 1. The third kappa shape index (κ3) is 4.75. The van der Waals surface area contributed by atoms with Crippen molar-refractivity contribution in [3.05, 3.63) is 43.1 Å². The number of hydrogen-bond donors (Lipinski definition) is 4. The lowest BCUT2D eigenvalue weighted by atomic mass is 9.88. The van der Waals surface area contributed by atoms with E-state index in [0.29, 0.717) is 17.2 Å². The van der Waals surface area contributed by atoms with Crippen molar-refractivity contribution in [2.45, 2.75) is 38.3 Å². The van der Waals surface area contributed by atoms with Crippen molar-refractivity contribution in [3.8, 4) is 22.6 Å². The van der Waals surface area contributed by atoms with Gasteiger partial charge < -0.3 is 25.2 Å². The Morgan fingerprint density at radius 3 is 2.60 bits per heavy atom. The summed E-state index contributed by atoms with van der Waals surface area (Å²) in [4.78, 5) is 26.6. The number of anilines is 2. The highest BCUT2D eigenvalue weighted by molar-refractivity contribution is 5.95. The van der Waals surface area contributed by atoms with Gasteiger partial charge in [-0.3, -0.25) is 15.1 Å². The molecular formula is C29H34N10O. The molecule has 1 aliphatic carbocycles. The zero-order chi connectivity index (χ0) is 27.1. The molecule has 1 unspecified atom stereocenters. The van der Waals surface area contributed by atoms with Crippen LogP contribution in [0.4, 0.5) is 11.4 Å². The SMILES string of the molecule is CN1CCN(c2cncc3[nH]c(-c4n[nH]c5ncc(-c6cncc(NC(O)C7CCCCC7)c6)cc45)nc23)CC1. The van der Waals surface area contributed by atoms with Crippen molar-refractivity contribution >= 4 is 33.4 Å². The summed E-state index contributed by atoms with van der Waals surface area (Å²) in [5, 5.41) is 22.5. The highest BCUT2D eigenvalue weighted by atomic mass is 16.3. The molecule has 1 atom stereocenters. The first kappa shape index (κ1) is 24.9. The Morgan fingerprint density at radius 1 is 0.950 bits per heavy atom. The predicted molar refractivity (Wildman–Crippen MR) is 156 cm³/mol. The van der Waals surface area contributed by atoms with Crippen LogP contribution in [0.5, 0.6) is 0 Å². The first-order chi connectivity index (χ1) is 19.6. The molecule has 6 heterocycles. The number of nitrogens with zero attached hydrogens (tertiary/aromatic N) is 7. The molecule has 40 heavy (non-hydrogen) atoms. The van der Waals surface area contributed by atoms with Crippen LogP contribution in [0.25, 0.3) is 44.7 Å². The molecule has 0 aromatic carbocycles. The average molecular weight is 539 g/mol. The second kappa shape index (κ2) is 10.5. The molecule has 0 radical (unpaired) electrons. The van der Waals surface area contributed by atoms with Crippen molar-refractivity contribution in [3.63, 3.8) is 0 Å². The lowest BCUT2D eigenvalue weighted by Gasteiger charge is -2.33. The van der Waals surface area contributed by atoms with Crippen LogP contribution in [-0.2, 0) is 0 Å². The van der Waals surface area contributed by atoms with Gasteiger partial charge in [0.25, 0.3) is 0 Å². The Balaban J connectivity index is 1.19. The van der Waals surface area contributed by atoms with E-state index in [1.807, 2.05) is 30.9 Å². The second-order valence-electron chi connectivity index (χ2n) is 11.1. The zero-order valence-electron chi connectivity index (χ0n) is 22.6. The number of imidazole rings is 1. The number of nitrogens with one attached hydrogen (secondary N) is 3. The van der Waals surface area contributed by atoms with Gasteiger partial charge in [0.1, 0.15) is 17.4 Å². The van der Waals surface area contributed by atoms with Crippen molar-refractivity contribution in [2.24, 2.45) is 5.92 Å². The van der Waals surface area contributed by atoms with Crippen LogP contribution >= 0.6 is 0 Å². The van der Waals surface area contributed by atoms with Gasteiger partial charge in [-0.15, -0.1) is 0 Å². The van der Waals surface area contributed by atoms with Gasteiger partial charge in [0.15, 0.2) is 11.5 Å². The molecule has 1 saturated carbocycles. The molecule has 2 aliphatic rings. The number of likely N-dealkylation sites (N-methyl/N-ethyl adjacent to an activating group) is 1. The predicted octanol–water partition coefficient (Wildman–Crippen LogP) is 4.02. The Morgan fingerprint density at radius 2 is 1.75 bits per heavy atom. The Hall–Kier alpha value is -4.09. The summed E-state index contributed by atoms with van der Waals surface area (Å²) in [6.45, 7) is 3.91. The summed E-state index contributed by atoms with van der Waals surface area (Å²) in [7, 11) is 2.15. The van der Waals surface area contributed by atoms with Crippen LogP contribution in [0.2, 0.25) is 0 Å². The Kier molecular flexibility index (Phi) is 6.52. The van der Waals surface area contributed by atoms with Gasteiger partial charge >= 0.3 is 0 Å². The maximum Gasteiger partial charge on any atom is 0.159 e. The summed E-state index contributed by atoms with van der Waals surface area (Å²) in [5.41, 5.74) is 6.83. The highest BCUT2D eigenvalue weighted by Crippen LogP contribution is 2.33. The van der Waals surface area contributed by atoms with E-state index in [9.17, 15) is 5.11 Å². The van der Waals surface area contributed by atoms with Gasteiger partial charge in [0.2, 0.25) is 0 Å². The minimum atomic E-state index is -0.572. The van der Waals surface area contributed by atoms with Crippen LogP contribution in [0.1, 0.15) is 32.1 Å². The fourth-order valence-electron chi connectivity index (χ4n) is 5.97. The fourth-order valence-corrected chi connectivity index (χ4v) is 5.97. The van der Waals surface area contributed by atoms with E-state index >= 15 is 0 Å². The van der Waals surface area contributed by atoms with E-state index < -0.39 is 6.23 Å². The number of aliphatic hydroxyl groups is 1. The topological polar surface area (TPSA) is 135 Å². The first-order valence-corrected chi connectivity index (χ1v) is 14.1. The molecular weight excluding hydrogens is 504 g/mol. The van der Waals surface area contributed by atoms with E-state index in [1.165, 1.54) is 19.3 Å². The molecule has 0 amide bonds. The fraction of sp³-hybridized carbons (Fsp3) is 0.414. The standard InChI is InChI=1S/C29H34N10O/c1-38-7-9-39(10-8-38)24-17-31-16-23-26(24)35-28(34-23)25-22-12-20(14-32-27(22)37-36-25)19-11-21(15-30-13-19)33-29(40)18-5-3-2-4-6-18/h11-18,29,33,40H,2-10H2,1H3,(H,34,35)(H,32,36,37). The Labute approximate surface area is 232 Å². The van der Waals surface area contributed by atoms with Crippen molar-refractivity contribution in [1.82, 2.24) is 40.0 Å². The normalized spacial score (nSPS) is 18.0. The highest BCUT2D eigenvalue weighted by Gasteiger charge is 2.23. The van der Waals surface area contributed by atoms with Crippen LogP contribution in [0.3, 0.4) is 0 Å². The minimum absolute atomic E-state index is 0.277. The summed E-state index contributed by atoms with van der Waals surface area (Å²) in [6.07, 6.45) is 14.3. The van der Waals surface area contributed by atoms with Crippen LogP contribution in [0, 0.1) is 5.92 Å². The third-order valence-corrected chi connectivity index (χ3v) is 8.34. The molecule has 0 spiro atoms. The molecule has 7 rings (SSSR count). The molecule has 5 aromatic rings. The molecule has 2 fully saturated rings. The van der Waals surface area contributed by atoms with Crippen LogP contribution in [0.15, 0.2) is 43.1 Å². The van der Waals surface area contributed by atoms with Crippen LogP contribution < -0.4 is 10.2 Å². The van der Waals surface area contributed by atoms with E-state index in [2.05, 4.69) is 58.4 Å². The molecule has 5 aromatic heterocycles. The lowest BCUT2D eigenvalue weighted by molar-refractivity contribution is 0.109. The number of H-pyrrole nitrogens is 2. The number of rotatable bonds is 6. The summed E-state index contributed by atoms with van der Waals surface area (Å²) in [6, 6.07) is 4.07. The van der Waals surface area contributed by atoms with Crippen molar-refractivity contribution in [2.75, 3.05) is 43.4 Å². The van der Waals surface area contributed by atoms with Gasteiger partial charge in [0.05, 0.1) is 40.9 Å². The van der Waals surface area contributed by atoms with Gasteiger partial charge in [0, 0.05) is 55.6 Å². The molecule has 4 N–H and O–H groups in total. The first-order valence-electron chi connectivity index (χ1n) is 14.1. The average Bonchev–Trinajstić information content (AvgIpc) is 3.62. The number of aromatic nitrogens is 7. The summed E-state index contributed by atoms with van der Waals surface area (Å²) < 4.78 is 0. The smallest absolute Gasteiger partial charge is 0.159 e. The molecule has 11 heteroatoms. The van der Waals surface area contributed by atoms with Crippen molar-refractivity contribution < 1.29 is 5.11 Å². The lowest BCUT2D eigenvalue weighted by Crippen LogP contribution is -2.44. The monoisotopic (exact) mass is 538 g/mol. The molecule has 206 valence electrons. The summed E-state index contributed by atoms with van der Waals surface area (Å²) >= 11 is 0. The maximum absolute atomic E-state index is 10.8. The van der Waals surface area contributed by atoms with E-state index in [4.69, 9.17) is 4.98 Å². The number of pyridine rings is 3. The molecule has 1 saturated heterocycles. The third-order valence-electron chi connectivity index (χ3n) is 8.34. The number of hydrogen-bond acceptors (Lipinski definition) is 9. The number of fused-ring (bicyclic) bond motifs is 2. The van der Waals surface area contributed by atoms with Gasteiger partial charge in [-0.2, -0.15) is 5.10 Å². The van der Waals surface area contributed by atoms with Crippen molar-refractivity contribution in [1.29, 1.82) is 0 Å². The van der Waals surface area contributed by atoms with E-state index in [1.54, 1.807) is 6.20 Å². The quantitative estimate of drug-likeness (QED) is 0.236. The Bertz CT molecular complexity index is 1630. The maximum atomic E-state index is 10.8. The zero-order valence-corrected chi connectivity index (χ0v) is 22.6. The van der Waals surface area contributed by atoms with E-state index in [0.717, 1.165) is 77.9 Å². The molecule has 0 bridgehead atoms. The van der Waals surface area contributed by atoms with Crippen LogP contribution in [-0.4, -0.2) is 84.6 Å². The largest absolute Gasteiger partial charge is 0.374 e. The van der Waals surface area contributed by atoms with Gasteiger partial charge in [-0.25, -0.2) is 9.97 Å². The summed E-state index contributed by atoms with van der Waals surface area (Å²) in [5.74, 6) is 0.951. The number of piperazine rings is 1. The van der Waals surface area contributed by atoms with Gasteiger partial charge in [-0.1, -0.05) is 19.3 Å². The second-order valence-corrected chi connectivity index (χ2v) is 11.1. The molecule has 11 nitrogen and oxygen atoms in total. The molecule has 1 aliphatic heterocycles. The number of aromatic amines is 2. The minimum Gasteiger partial charge on any atom is -0.374 e. The van der Waals surface area contributed by atoms with Gasteiger partial charge in [-0.05, 0) is 32.0 Å².